The summed E-state index contributed by atoms with van der Waals surface area (Å²) in [5, 5.41) is 40.9. The van der Waals surface area contributed by atoms with Crippen LogP contribution in [0, 0.1) is 0 Å². The molecule has 480 valence electrons. The number of aliphatic carboxylic acids is 4. The van der Waals surface area contributed by atoms with Gasteiger partial charge in [-0.3, -0.25) is 0 Å². The van der Waals surface area contributed by atoms with Crippen LogP contribution in [0.5, 0.6) is 0 Å². The Balaban J connectivity index is -0.000000150. The van der Waals surface area contributed by atoms with Crippen LogP contribution in [0.4, 0.5) is 0 Å². The van der Waals surface area contributed by atoms with E-state index in [-0.39, 0.29) is 177 Å². The largest absolute Gasteiger partial charge is 2.00 e. The molecule has 0 atom stereocenters. The van der Waals surface area contributed by atoms with E-state index in [1.165, 1.54) is 334 Å². The van der Waals surface area contributed by atoms with Crippen molar-refractivity contribution in [1.82, 2.24) is 0 Å². The Morgan fingerprint density at radius 1 is 0.155 bits per heavy atom. The molecule has 0 bridgehead atoms. The Hall–Kier alpha value is 2.92. The second-order valence-corrected chi connectivity index (χ2v) is 24.3. The van der Waals surface area contributed by atoms with Gasteiger partial charge in [-0.15, -0.1) is 0 Å². The average Bonchev–Trinajstić information content (AvgIpc) is 3.43. The Morgan fingerprint density at radius 2 is 0.226 bits per heavy atom. The zero-order valence-corrected chi connectivity index (χ0v) is 66.2. The van der Waals surface area contributed by atoms with E-state index in [1.54, 1.807) is 0 Å². The number of carboxylic acid groups (broad SMARTS) is 4. The predicted octanol–water partition coefficient (Wildman–Crippen LogP) is 18.5. The van der Waals surface area contributed by atoms with Gasteiger partial charge < -0.3 is 39.6 Å². The molecule has 0 rings (SSSR count). The van der Waals surface area contributed by atoms with E-state index in [1.807, 2.05) is 0 Å². The van der Waals surface area contributed by atoms with Crippen LogP contribution in [0.15, 0.2) is 0 Å². The van der Waals surface area contributed by atoms with E-state index in [2.05, 4.69) is 27.7 Å². The van der Waals surface area contributed by atoms with Gasteiger partial charge in [0.25, 0.3) is 0 Å². The summed E-state index contributed by atoms with van der Waals surface area (Å²) < 4.78 is 0. The maximum atomic E-state index is 10.2. The van der Waals surface area contributed by atoms with Crippen LogP contribution < -0.4 is 20.4 Å². The molecule has 0 heterocycles. The minimum absolute atomic E-state index is 0. The molecule has 0 aromatic heterocycles. The van der Waals surface area contributed by atoms with Crippen LogP contribution in [0.3, 0.4) is 0 Å². The second-order valence-electron chi connectivity index (χ2n) is 24.3. The first-order chi connectivity index (χ1) is 39.1. The summed E-state index contributed by atoms with van der Waals surface area (Å²) in [5.74, 6) is -3.61. The Labute approximate surface area is 644 Å². The van der Waals surface area contributed by atoms with Crippen molar-refractivity contribution in [3.8, 4) is 0 Å². The Bertz CT molecular complexity index is 1010. The summed E-state index contributed by atoms with van der Waals surface area (Å²) in [6, 6.07) is 0. The van der Waals surface area contributed by atoms with E-state index in [0.29, 0.717) is 0 Å². The molecule has 0 aliphatic rings. The molecule has 0 unspecified atom stereocenters. The Morgan fingerprint density at radius 3 is 0.298 bits per heavy atom. The van der Waals surface area contributed by atoms with Crippen LogP contribution in [-0.2, 0) is 19.2 Å². The molecule has 0 amide bonds. The van der Waals surface area contributed by atoms with Crippen molar-refractivity contribution in [3.63, 3.8) is 0 Å². The predicted molar refractivity (Wildman–Crippen MR) is 361 cm³/mol. The number of rotatable bonds is 64. The van der Waals surface area contributed by atoms with E-state index in [0.717, 1.165) is 51.4 Å². The van der Waals surface area contributed by atoms with Crippen molar-refractivity contribution in [3.05, 3.63) is 0 Å². The number of hydrogen-bond donors (Lipinski definition) is 0. The summed E-state index contributed by atoms with van der Waals surface area (Å²) >= 11 is 0. The molecule has 0 aliphatic carbocycles. The van der Waals surface area contributed by atoms with Gasteiger partial charge in [0, 0.05) is 23.9 Å². The molecule has 0 fully saturated rings. The number of carbonyl (C=O) groups excluding carboxylic acids is 4. The molecule has 0 aromatic rings. The smallest absolute Gasteiger partial charge is 0.550 e. The monoisotopic (exact) mass is 1290 g/mol. The molecule has 0 saturated carbocycles. The number of carboxylic acids is 4. The van der Waals surface area contributed by atoms with Gasteiger partial charge in [-0.25, -0.2) is 0 Å². The molecule has 12 heteroatoms. The van der Waals surface area contributed by atoms with E-state index in [9.17, 15) is 39.6 Å². The van der Waals surface area contributed by atoms with Gasteiger partial charge in [0.1, 0.15) is 0 Å². The maximum Gasteiger partial charge on any atom is 2.00 e. The molecule has 0 radical (unpaired) electrons. The van der Waals surface area contributed by atoms with Crippen molar-refractivity contribution >= 4 is 175 Å². The molecule has 84 heavy (non-hydrogen) atoms. The first kappa shape index (κ1) is 103. The number of hydrogen-bond acceptors (Lipinski definition) is 8. The molecule has 0 aliphatic heterocycles. The van der Waals surface area contributed by atoms with Crippen molar-refractivity contribution in [2.45, 2.75) is 439 Å². The fourth-order valence-electron chi connectivity index (χ4n) is 10.6. The first-order valence-corrected chi connectivity index (χ1v) is 35.9. The minimum Gasteiger partial charge on any atom is -0.550 e. The van der Waals surface area contributed by atoms with Crippen LogP contribution in [-0.4, -0.2) is 175 Å². The van der Waals surface area contributed by atoms with Crippen molar-refractivity contribution < 1.29 is 39.6 Å². The average molecular weight is 1290 g/mol. The third kappa shape index (κ3) is 119. The SMILES string of the molecule is CCCCCCCCCCCCCCCCCC(=O)[O-].CCCCCCCCCCCCCCCCCC(=O)[O-].CCCCCCCCCCCCCCCCCC(=O)[O-].CCCCCCCCCCCCCCCCCC(=O)[O-].[Ca+2].[Ca+2].[Ca+2].[Ca+2]. The normalized spacial score (nSPS) is 10.3. The van der Waals surface area contributed by atoms with Gasteiger partial charge in [-0.2, -0.15) is 0 Å². The summed E-state index contributed by atoms with van der Waals surface area (Å²) in [6.45, 7) is 9.07. The summed E-state index contributed by atoms with van der Waals surface area (Å²) in [5.41, 5.74) is 0. The Kier molecular flexibility index (Phi) is 122. The van der Waals surface area contributed by atoms with Gasteiger partial charge in [-0.1, -0.05) is 387 Å². The van der Waals surface area contributed by atoms with Crippen LogP contribution >= 0.6 is 0 Å². The minimum atomic E-state index is -0.903. The second kappa shape index (κ2) is 99.5. The summed E-state index contributed by atoms with van der Waals surface area (Å²) in [7, 11) is 0. The molecular formula is C72H140Ca4O8+4. The fraction of sp³-hybridized carbons (Fsp3) is 0.944. The topological polar surface area (TPSA) is 161 Å². The maximum absolute atomic E-state index is 10.2. The standard InChI is InChI=1S/4C18H36O2.4Ca/c4*1-2-3-4-5-6-7-8-9-10-11-12-13-14-15-16-17-18(19)20;;;;/h4*2-17H2,1H3,(H,19,20);;;;/q;;;;4*+2/p-4. The van der Waals surface area contributed by atoms with Crippen LogP contribution in [0.25, 0.3) is 0 Å². The van der Waals surface area contributed by atoms with E-state index < -0.39 is 23.9 Å². The van der Waals surface area contributed by atoms with E-state index >= 15 is 0 Å². The molecule has 0 saturated heterocycles. The molecule has 8 nitrogen and oxygen atoms in total. The van der Waals surface area contributed by atoms with Gasteiger partial charge in [0.15, 0.2) is 0 Å². The van der Waals surface area contributed by atoms with E-state index in [4.69, 9.17) is 0 Å². The van der Waals surface area contributed by atoms with Gasteiger partial charge in [0.05, 0.1) is 0 Å². The number of unbranched alkanes of at least 4 members (excludes halogenated alkanes) is 56. The zero-order chi connectivity index (χ0) is 59.6. The first-order valence-electron chi connectivity index (χ1n) is 35.9. The molecule has 0 spiro atoms. The quantitative estimate of drug-likeness (QED) is 0.0430. The number of carbonyl (C=O) groups is 4. The van der Waals surface area contributed by atoms with Crippen molar-refractivity contribution in [2.24, 2.45) is 0 Å². The van der Waals surface area contributed by atoms with Gasteiger partial charge >= 0.3 is 151 Å². The van der Waals surface area contributed by atoms with Crippen molar-refractivity contribution in [1.29, 1.82) is 0 Å². The summed E-state index contributed by atoms with van der Waals surface area (Å²) in [4.78, 5) is 40.9. The van der Waals surface area contributed by atoms with Crippen LogP contribution in [0.1, 0.15) is 439 Å². The fourth-order valence-corrected chi connectivity index (χ4v) is 10.6. The van der Waals surface area contributed by atoms with Gasteiger partial charge in [-0.05, 0) is 51.4 Å². The van der Waals surface area contributed by atoms with Gasteiger partial charge in [0.2, 0.25) is 0 Å². The molecular weight excluding hydrogens is 1150 g/mol. The zero-order valence-electron chi connectivity index (χ0n) is 57.3. The van der Waals surface area contributed by atoms with Crippen molar-refractivity contribution in [2.75, 3.05) is 0 Å². The molecule has 0 aromatic carbocycles. The third-order valence-corrected chi connectivity index (χ3v) is 15.9. The third-order valence-electron chi connectivity index (χ3n) is 15.9. The van der Waals surface area contributed by atoms with Crippen LogP contribution in [0.2, 0.25) is 0 Å². The summed E-state index contributed by atoms with van der Waals surface area (Å²) in [6.07, 6.45) is 79.4. The molecule has 0 N–H and O–H groups in total.